The Kier molecular flexibility index (Phi) is 4.97. The summed E-state index contributed by atoms with van der Waals surface area (Å²) in [7, 11) is 1.61. The molecule has 126 valence electrons. The fraction of sp³-hybridized carbons (Fsp3) is 0.350. The van der Waals surface area contributed by atoms with Gasteiger partial charge in [-0.1, -0.05) is 55.5 Å². The molecule has 2 aromatic rings. The second kappa shape index (κ2) is 7.16. The van der Waals surface area contributed by atoms with Crippen LogP contribution < -0.4 is 10.2 Å². The third kappa shape index (κ3) is 2.62. The first-order valence-electron chi connectivity index (χ1n) is 8.48. The van der Waals surface area contributed by atoms with Crippen molar-refractivity contribution in [3.05, 3.63) is 65.7 Å². The van der Waals surface area contributed by atoms with Crippen molar-refractivity contribution < 1.29 is 9.53 Å². The largest absolute Gasteiger partial charge is 0.359 e. The first kappa shape index (κ1) is 16.7. The van der Waals surface area contributed by atoms with Gasteiger partial charge in [0, 0.05) is 19.2 Å². The Hall–Kier alpha value is -2.17. The lowest BCUT2D eigenvalue weighted by atomic mass is 9.87. The number of carbonyl (C=O) groups excluding carboxylic acids is 1. The molecule has 4 nitrogen and oxygen atoms in total. The van der Waals surface area contributed by atoms with Crippen molar-refractivity contribution in [2.75, 3.05) is 31.6 Å². The summed E-state index contributed by atoms with van der Waals surface area (Å²) in [4.78, 5) is 15.2. The van der Waals surface area contributed by atoms with Gasteiger partial charge in [0.25, 0.3) is 5.91 Å². The number of hydrogen-bond donors (Lipinski definition) is 1. The van der Waals surface area contributed by atoms with Crippen molar-refractivity contribution in [1.29, 1.82) is 0 Å². The number of anilines is 1. The van der Waals surface area contributed by atoms with Crippen LogP contribution in [0.1, 0.15) is 24.5 Å². The second-order valence-electron chi connectivity index (χ2n) is 5.93. The van der Waals surface area contributed by atoms with Crippen LogP contribution >= 0.6 is 0 Å². The second-order valence-corrected chi connectivity index (χ2v) is 5.93. The monoisotopic (exact) mass is 324 g/mol. The van der Waals surface area contributed by atoms with E-state index in [1.54, 1.807) is 7.11 Å². The molecule has 1 atom stereocenters. The van der Waals surface area contributed by atoms with Crippen LogP contribution in [0.2, 0.25) is 0 Å². The Morgan fingerprint density at radius 1 is 1.08 bits per heavy atom. The average molecular weight is 324 g/mol. The van der Waals surface area contributed by atoms with Gasteiger partial charge in [0.1, 0.15) is 0 Å². The van der Waals surface area contributed by atoms with Crippen molar-refractivity contribution in [3.63, 3.8) is 0 Å². The minimum atomic E-state index is -1.05. The molecule has 1 unspecified atom stereocenters. The van der Waals surface area contributed by atoms with Gasteiger partial charge in [-0.15, -0.1) is 0 Å². The van der Waals surface area contributed by atoms with Gasteiger partial charge in [-0.05, 0) is 31.1 Å². The maximum atomic E-state index is 13.4. The molecule has 1 aliphatic heterocycles. The molecule has 0 aromatic heterocycles. The minimum Gasteiger partial charge on any atom is -0.359 e. The van der Waals surface area contributed by atoms with Crippen LogP contribution in [-0.2, 0) is 15.1 Å². The summed E-state index contributed by atoms with van der Waals surface area (Å²) < 4.78 is 5.87. The van der Waals surface area contributed by atoms with E-state index in [1.807, 2.05) is 59.5 Å². The maximum absolute atomic E-state index is 13.4. The highest BCUT2D eigenvalue weighted by molar-refractivity contribution is 6.09. The Morgan fingerprint density at radius 3 is 2.50 bits per heavy atom. The molecule has 2 aromatic carbocycles. The van der Waals surface area contributed by atoms with Gasteiger partial charge >= 0.3 is 0 Å². The molecule has 0 spiro atoms. The summed E-state index contributed by atoms with van der Waals surface area (Å²) >= 11 is 0. The normalized spacial score (nSPS) is 19.6. The molecule has 24 heavy (non-hydrogen) atoms. The Balaban J connectivity index is 2.00. The zero-order valence-electron chi connectivity index (χ0n) is 14.3. The number of fused-ring (bicyclic) bond motifs is 1. The maximum Gasteiger partial charge on any atom is 0.268 e. The van der Waals surface area contributed by atoms with Gasteiger partial charge in [-0.3, -0.25) is 4.79 Å². The molecule has 1 aliphatic rings. The molecule has 3 rings (SSSR count). The van der Waals surface area contributed by atoms with Crippen molar-refractivity contribution in [1.82, 2.24) is 5.32 Å². The molecule has 0 saturated heterocycles. The molecule has 0 saturated carbocycles. The van der Waals surface area contributed by atoms with Gasteiger partial charge in [-0.2, -0.15) is 0 Å². The van der Waals surface area contributed by atoms with E-state index in [1.165, 1.54) is 0 Å². The number of ether oxygens (including phenoxy) is 1. The molecule has 1 amide bonds. The quantitative estimate of drug-likeness (QED) is 0.796. The lowest BCUT2D eigenvalue weighted by Gasteiger charge is -2.28. The van der Waals surface area contributed by atoms with E-state index in [0.717, 1.165) is 36.3 Å². The Labute approximate surface area is 143 Å². The zero-order chi connectivity index (χ0) is 17.0. The topological polar surface area (TPSA) is 41.6 Å². The van der Waals surface area contributed by atoms with Crippen molar-refractivity contribution >= 4 is 11.6 Å². The van der Waals surface area contributed by atoms with E-state index in [4.69, 9.17) is 4.74 Å². The van der Waals surface area contributed by atoms with Crippen LogP contribution in [0, 0.1) is 0 Å². The van der Waals surface area contributed by atoms with Gasteiger partial charge in [-0.25, -0.2) is 0 Å². The molecule has 1 heterocycles. The van der Waals surface area contributed by atoms with Crippen LogP contribution in [0.15, 0.2) is 54.6 Å². The van der Waals surface area contributed by atoms with Crippen LogP contribution in [0.4, 0.5) is 5.69 Å². The lowest BCUT2D eigenvalue weighted by Crippen LogP contribution is -2.43. The summed E-state index contributed by atoms with van der Waals surface area (Å²) in [5.41, 5.74) is 1.70. The van der Waals surface area contributed by atoms with Crippen molar-refractivity contribution in [2.45, 2.75) is 18.9 Å². The van der Waals surface area contributed by atoms with E-state index in [9.17, 15) is 4.79 Å². The highest BCUT2D eigenvalue weighted by Crippen LogP contribution is 2.46. The third-order valence-electron chi connectivity index (χ3n) is 4.59. The third-order valence-corrected chi connectivity index (χ3v) is 4.59. The number of amides is 1. The van der Waals surface area contributed by atoms with E-state index in [2.05, 4.69) is 12.2 Å². The molecule has 0 fully saturated rings. The summed E-state index contributed by atoms with van der Waals surface area (Å²) in [6.07, 6.45) is 0.905. The predicted molar refractivity (Wildman–Crippen MR) is 96.2 cm³/mol. The summed E-state index contributed by atoms with van der Waals surface area (Å²) in [6.45, 7) is 4.60. The van der Waals surface area contributed by atoms with E-state index in [-0.39, 0.29) is 5.91 Å². The molecule has 0 bridgehead atoms. The van der Waals surface area contributed by atoms with Gasteiger partial charge < -0.3 is 15.0 Å². The number of methoxy groups -OCH3 is 1. The SMILES string of the molecule is CCNCCCN1C(=O)C(OC)(c2ccccc2)c2ccccc21. The number of rotatable bonds is 7. The molecule has 0 aliphatic carbocycles. The number of nitrogens with zero attached hydrogens (tertiary/aromatic N) is 1. The van der Waals surface area contributed by atoms with Crippen LogP contribution in [-0.4, -0.2) is 32.7 Å². The number of carbonyl (C=O) groups is 1. The summed E-state index contributed by atoms with van der Waals surface area (Å²) in [5, 5.41) is 3.31. The van der Waals surface area contributed by atoms with Gasteiger partial charge in [0.2, 0.25) is 0 Å². The van der Waals surface area contributed by atoms with Crippen molar-refractivity contribution in [2.24, 2.45) is 0 Å². The van der Waals surface area contributed by atoms with Gasteiger partial charge in [0.05, 0.1) is 5.69 Å². The number of nitrogens with one attached hydrogen (secondary N) is 1. The molecule has 4 heteroatoms. The minimum absolute atomic E-state index is 0.00565. The molecular formula is C20H24N2O2. The highest BCUT2D eigenvalue weighted by atomic mass is 16.5. The molecular weight excluding hydrogens is 300 g/mol. The van der Waals surface area contributed by atoms with Crippen LogP contribution in [0.3, 0.4) is 0 Å². The molecule has 0 radical (unpaired) electrons. The first-order valence-corrected chi connectivity index (χ1v) is 8.48. The first-order chi connectivity index (χ1) is 11.8. The molecule has 1 N–H and O–H groups in total. The average Bonchev–Trinajstić information content (AvgIpc) is 2.88. The fourth-order valence-corrected chi connectivity index (χ4v) is 3.45. The number of para-hydroxylation sites is 1. The van der Waals surface area contributed by atoms with E-state index in [0.29, 0.717) is 6.54 Å². The summed E-state index contributed by atoms with van der Waals surface area (Å²) in [5.74, 6) is -0.00565. The van der Waals surface area contributed by atoms with E-state index < -0.39 is 5.60 Å². The zero-order valence-corrected chi connectivity index (χ0v) is 14.3. The highest BCUT2D eigenvalue weighted by Gasteiger charge is 2.52. The van der Waals surface area contributed by atoms with Gasteiger partial charge in [0.15, 0.2) is 5.60 Å². The standard InChI is InChI=1S/C20H24N2O2/c1-3-21-14-9-15-22-18-13-8-7-12-17(18)20(24-2,19(22)23)16-10-5-4-6-11-16/h4-8,10-13,21H,3,9,14-15H2,1-2H3. The Bertz CT molecular complexity index is 702. The van der Waals surface area contributed by atoms with Crippen LogP contribution in [0.5, 0.6) is 0 Å². The number of hydrogen-bond acceptors (Lipinski definition) is 3. The fourth-order valence-electron chi connectivity index (χ4n) is 3.45. The lowest BCUT2D eigenvalue weighted by molar-refractivity contribution is -0.135. The van der Waals surface area contributed by atoms with Crippen molar-refractivity contribution in [3.8, 4) is 0 Å². The predicted octanol–water partition coefficient (Wildman–Crippen LogP) is 2.92. The number of benzene rings is 2. The smallest absolute Gasteiger partial charge is 0.268 e. The summed E-state index contributed by atoms with van der Waals surface area (Å²) in [6, 6.07) is 17.7. The van der Waals surface area contributed by atoms with E-state index >= 15 is 0 Å². The van der Waals surface area contributed by atoms with Crippen LogP contribution in [0.25, 0.3) is 0 Å². The Morgan fingerprint density at radius 2 is 1.79 bits per heavy atom.